The van der Waals surface area contributed by atoms with Crippen LogP contribution in [0.2, 0.25) is 0 Å². The largest absolute Gasteiger partial charge is 0.388 e. The average molecular weight is 341 g/mol. The van der Waals surface area contributed by atoms with Gasteiger partial charge in [0.25, 0.3) is 0 Å². The minimum absolute atomic E-state index is 0.0174. The normalized spacial score (nSPS) is 12.5. The minimum atomic E-state index is -0.969. The molecule has 0 aliphatic heterocycles. The van der Waals surface area contributed by atoms with Gasteiger partial charge in [0.1, 0.15) is 0 Å². The minimum Gasteiger partial charge on any atom is -0.388 e. The zero-order valence-electron chi connectivity index (χ0n) is 11.3. The van der Waals surface area contributed by atoms with Gasteiger partial charge in [-0.3, -0.25) is 0 Å². The monoisotopic (exact) mass is 340 g/mol. The Morgan fingerprint density at radius 3 is 2.30 bits per heavy atom. The lowest BCUT2D eigenvalue weighted by Gasteiger charge is -2.16. The quantitative estimate of drug-likeness (QED) is 0.808. The van der Waals surface area contributed by atoms with Crippen LogP contribution in [0, 0.1) is 25.5 Å². The third-order valence-electron chi connectivity index (χ3n) is 3.47. The molecule has 1 N–H and O–H groups in total. The van der Waals surface area contributed by atoms with Crippen molar-refractivity contribution in [1.82, 2.24) is 0 Å². The van der Waals surface area contributed by atoms with Gasteiger partial charge in [0, 0.05) is 6.42 Å². The van der Waals surface area contributed by atoms with Gasteiger partial charge in [-0.05, 0) is 58.1 Å². The van der Waals surface area contributed by atoms with Gasteiger partial charge in [0.2, 0.25) is 0 Å². The molecule has 0 amide bonds. The molecule has 1 nitrogen and oxygen atoms in total. The molecule has 0 radical (unpaired) electrons. The molecule has 0 aromatic heterocycles. The molecule has 0 aliphatic carbocycles. The van der Waals surface area contributed by atoms with Crippen LogP contribution in [0.15, 0.2) is 34.8 Å². The fraction of sp³-hybridized carbons (Fsp3) is 0.250. The van der Waals surface area contributed by atoms with E-state index in [4.69, 9.17) is 0 Å². The first-order valence-electron chi connectivity index (χ1n) is 6.28. The molecule has 106 valence electrons. The second kappa shape index (κ2) is 6.02. The molecule has 2 rings (SSSR count). The Kier molecular flexibility index (Phi) is 4.55. The molecular formula is C16H15BrF2O. The highest BCUT2D eigenvalue weighted by atomic mass is 79.9. The highest BCUT2D eigenvalue weighted by Crippen LogP contribution is 2.31. The maximum absolute atomic E-state index is 13.5. The Morgan fingerprint density at radius 2 is 1.70 bits per heavy atom. The maximum Gasteiger partial charge on any atom is 0.173 e. The summed E-state index contributed by atoms with van der Waals surface area (Å²) in [5.41, 5.74) is 3.52. The van der Waals surface area contributed by atoms with E-state index >= 15 is 0 Å². The number of rotatable bonds is 3. The predicted octanol–water partition coefficient (Wildman–Crippen LogP) is 4.62. The maximum atomic E-state index is 13.5. The highest BCUT2D eigenvalue weighted by molar-refractivity contribution is 9.10. The summed E-state index contributed by atoms with van der Waals surface area (Å²) in [6.07, 6.45) is -0.526. The molecule has 2 aromatic rings. The van der Waals surface area contributed by atoms with Crippen LogP contribution < -0.4 is 0 Å². The van der Waals surface area contributed by atoms with Gasteiger partial charge in [-0.2, -0.15) is 0 Å². The summed E-state index contributed by atoms with van der Waals surface area (Å²) in [6, 6.07) is 8.32. The van der Waals surface area contributed by atoms with Gasteiger partial charge in [-0.25, -0.2) is 8.78 Å². The predicted molar refractivity (Wildman–Crippen MR) is 78.6 cm³/mol. The second-order valence-corrected chi connectivity index (χ2v) is 5.65. The summed E-state index contributed by atoms with van der Waals surface area (Å²) in [4.78, 5) is 0. The van der Waals surface area contributed by atoms with E-state index in [0.29, 0.717) is 12.0 Å². The number of aryl methyl sites for hydroxylation is 2. The number of aliphatic hydroxyl groups excluding tert-OH is 1. The van der Waals surface area contributed by atoms with Crippen molar-refractivity contribution in [3.8, 4) is 0 Å². The van der Waals surface area contributed by atoms with E-state index in [-0.39, 0.29) is 4.47 Å². The second-order valence-electron chi connectivity index (χ2n) is 4.85. The summed E-state index contributed by atoms with van der Waals surface area (Å²) in [5.74, 6) is -1.90. The van der Waals surface area contributed by atoms with Crippen LogP contribution in [-0.2, 0) is 6.42 Å². The van der Waals surface area contributed by atoms with E-state index in [1.165, 1.54) is 6.07 Å². The van der Waals surface area contributed by atoms with Crippen LogP contribution in [0.3, 0.4) is 0 Å². The van der Waals surface area contributed by atoms with Crippen LogP contribution in [0.1, 0.15) is 28.4 Å². The van der Waals surface area contributed by atoms with Crippen molar-refractivity contribution in [3.05, 3.63) is 68.7 Å². The van der Waals surface area contributed by atoms with E-state index in [1.54, 1.807) is 0 Å². The van der Waals surface area contributed by atoms with Crippen molar-refractivity contribution in [1.29, 1.82) is 0 Å². The van der Waals surface area contributed by atoms with E-state index in [1.807, 2.05) is 32.0 Å². The van der Waals surface area contributed by atoms with Crippen molar-refractivity contribution in [2.24, 2.45) is 0 Å². The van der Waals surface area contributed by atoms with Crippen LogP contribution >= 0.6 is 15.9 Å². The molecule has 1 unspecified atom stereocenters. The zero-order valence-corrected chi connectivity index (χ0v) is 12.8. The Hall–Kier alpha value is -1.26. The molecule has 0 fully saturated rings. The first-order valence-corrected chi connectivity index (χ1v) is 7.07. The lowest BCUT2D eigenvalue weighted by molar-refractivity contribution is 0.176. The third-order valence-corrected chi connectivity index (χ3v) is 4.27. The SMILES string of the molecule is Cc1cccc(C)c1CC(O)c1ccc(F)c(F)c1Br. The van der Waals surface area contributed by atoms with Crippen LogP contribution in [-0.4, -0.2) is 5.11 Å². The first-order chi connectivity index (χ1) is 9.41. The Labute approximate surface area is 125 Å². The molecule has 0 heterocycles. The van der Waals surface area contributed by atoms with Crippen molar-refractivity contribution < 1.29 is 13.9 Å². The number of hydrogen-bond acceptors (Lipinski definition) is 1. The summed E-state index contributed by atoms with van der Waals surface area (Å²) < 4.78 is 26.6. The molecule has 0 saturated carbocycles. The number of hydrogen-bond donors (Lipinski definition) is 1. The molecule has 1 atom stereocenters. The average Bonchev–Trinajstić information content (AvgIpc) is 2.40. The molecule has 0 aliphatic rings. The van der Waals surface area contributed by atoms with Crippen LogP contribution in [0.25, 0.3) is 0 Å². The Balaban J connectivity index is 2.34. The highest BCUT2D eigenvalue weighted by Gasteiger charge is 2.18. The molecular weight excluding hydrogens is 326 g/mol. The Bertz CT molecular complexity index is 620. The Morgan fingerprint density at radius 1 is 1.10 bits per heavy atom. The van der Waals surface area contributed by atoms with Gasteiger partial charge >= 0.3 is 0 Å². The van der Waals surface area contributed by atoms with Gasteiger partial charge in [-0.1, -0.05) is 24.3 Å². The molecule has 4 heteroatoms. The lowest BCUT2D eigenvalue weighted by atomic mass is 9.94. The first kappa shape index (κ1) is 15.1. The topological polar surface area (TPSA) is 20.2 Å². The summed E-state index contributed by atoms with van der Waals surface area (Å²) in [5, 5.41) is 10.3. The molecule has 20 heavy (non-hydrogen) atoms. The fourth-order valence-corrected chi connectivity index (χ4v) is 2.86. The van der Waals surface area contributed by atoms with E-state index in [2.05, 4.69) is 15.9 Å². The van der Waals surface area contributed by atoms with Crippen molar-refractivity contribution in [3.63, 3.8) is 0 Å². The summed E-state index contributed by atoms with van der Waals surface area (Å²) >= 11 is 3.01. The van der Waals surface area contributed by atoms with Crippen LogP contribution in [0.5, 0.6) is 0 Å². The van der Waals surface area contributed by atoms with Gasteiger partial charge in [-0.15, -0.1) is 0 Å². The lowest BCUT2D eigenvalue weighted by Crippen LogP contribution is -2.07. The molecule has 2 aromatic carbocycles. The molecule has 0 bridgehead atoms. The van der Waals surface area contributed by atoms with Gasteiger partial charge in [0.15, 0.2) is 11.6 Å². The number of halogens is 3. The smallest absolute Gasteiger partial charge is 0.173 e. The van der Waals surface area contributed by atoms with E-state index in [0.717, 1.165) is 22.8 Å². The zero-order chi connectivity index (χ0) is 14.9. The standard InChI is InChI=1S/C16H15BrF2O/c1-9-4-3-5-10(2)12(9)8-14(20)11-6-7-13(18)16(19)15(11)17/h3-7,14,20H,8H2,1-2H3. The number of aliphatic hydroxyl groups is 1. The van der Waals surface area contributed by atoms with Gasteiger partial charge in [0.05, 0.1) is 10.6 Å². The molecule has 0 spiro atoms. The summed E-state index contributed by atoms with van der Waals surface area (Å²) in [6.45, 7) is 3.94. The van der Waals surface area contributed by atoms with Crippen LogP contribution in [0.4, 0.5) is 8.78 Å². The summed E-state index contributed by atoms with van der Waals surface area (Å²) in [7, 11) is 0. The van der Waals surface area contributed by atoms with E-state index < -0.39 is 17.7 Å². The van der Waals surface area contributed by atoms with Crippen molar-refractivity contribution in [2.75, 3.05) is 0 Å². The third kappa shape index (κ3) is 2.91. The van der Waals surface area contributed by atoms with Crippen molar-refractivity contribution >= 4 is 15.9 Å². The van der Waals surface area contributed by atoms with Crippen molar-refractivity contribution in [2.45, 2.75) is 26.4 Å². The van der Waals surface area contributed by atoms with E-state index in [9.17, 15) is 13.9 Å². The fourth-order valence-electron chi connectivity index (χ4n) is 2.27. The molecule has 0 saturated heterocycles. The number of benzene rings is 2. The van der Waals surface area contributed by atoms with Gasteiger partial charge < -0.3 is 5.11 Å².